The molecule has 0 unspecified atom stereocenters. The van der Waals surface area contributed by atoms with Gasteiger partial charge in [-0.3, -0.25) is 9.59 Å². The van der Waals surface area contributed by atoms with Crippen LogP contribution in [0.15, 0.2) is 34.1 Å². The third-order valence-corrected chi connectivity index (χ3v) is 5.67. The average molecular weight is 422 g/mol. The Bertz CT molecular complexity index is 861. The highest BCUT2D eigenvalue weighted by molar-refractivity contribution is 9.11. The first-order valence-corrected chi connectivity index (χ1v) is 9.39. The molecule has 0 saturated heterocycles. The lowest BCUT2D eigenvalue weighted by molar-refractivity contribution is -0.116. The van der Waals surface area contributed by atoms with Crippen molar-refractivity contribution in [3.05, 3.63) is 50.1 Å². The third-order valence-electron chi connectivity index (χ3n) is 4.07. The van der Waals surface area contributed by atoms with Gasteiger partial charge in [0.25, 0.3) is 0 Å². The molecule has 0 saturated carbocycles. The molecule has 2 aromatic rings. The molecule has 1 atom stereocenters. The molecule has 7 heteroatoms. The Morgan fingerprint density at radius 2 is 2.00 bits per heavy atom. The molecule has 1 amide bonds. The van der Waals surface area contributed by atoms with Crippen LogP contribution in [0.1, 0.15) is 39.4 Å². The van der Waals surface area contributed by atoms with Crippen molar-refractivity contribution in [2.75, 3.05) is 11.4 Å². The Balaban J connectivity index is 1.73. The largest absolute Gasteiger partial charge is 0.450 e. The van der Waals surface area contributed by atoms with Gasteiger partial charge in [0, 0.05) is 24.7 Å². The van der Waals surface area contributed by atoms with Gasteiger partial charge in [-0.2, -0.15) is 0 Å². The smallest absolute Gasteiger partial charge is 0.349 e. The van der Waals surface area contributed by atoms with Gasteiger partial charge in [-0.1, -0.05) is 0 Å². The maximum Gasteiger partial charge on any atom is 0.349 e. The highest BCUT2D eigenvalue weighted by atomic mass is 79.9. The topological polar surface area (TPSA) is 63.7 Å². The SMILES string of the molecule is CC(=O)N1CCc2cc(C(=O)[C@@H](C)OC(=O)c3ccc(Br)s3)ccc21. The second-order valence-corrected chi connectivity index (χ2v) is 8.24. The van der Waals surface area contributed by atoms with Crippen LogP contribution >= 0.6 is 27.3 Å². The van der Waals surface area contributed by atoms with E-state index >= 15 is 0 Å². The van der Waals surface area contributed by atoms with Crippen LogP contribution in [-0.4, -0.2) is 30.3 Å². The number of esters is 1. The molecule has 1 aromatic heterocycles. The fraction of sp³-hybridized carbons (Fsp3) is 0.278. The minimum Gasteiger partial charge on any atom is -0.450 e. The van der Waals surface area contributed by atoms with Crippen LogP contribution in [0.2, 0.25) is 0 Å². The number of rotatable bonds is 4. The van der Waals surface area contributed by atoms with Crippen molar-refractivity contribution in [2.24, 2.45) is 0 Å². The van der Waals surface area contributed by atoms with E-state index in [9.17, 15) is 14.4 Å². The summed E-state index contributed by atoms with van der Waals surface area (Å²) < 4.78 is 6.11. The Hall–Kier alpha value is -1.99. The first kappa shape index (κ1) is 17.8. The number of ether oxygens (including phenoxy) is 1. The molecular weight excluding hydrogens is 406 g/mol. The monoisotopic (exact) mass is 421 g/mol. The number of thiophene rings is 1. The van der Waals surface area contributed by atoms with Crippen molar-refractivity contribution < 1.29 is 19.1 Å². The number of fused-ring (bicyclic) bond motifs is 1. The average Bonchev–Trinajstić information content (AvgIpc) is 3.19. The summed E-state index contributed by atoms with van der Waals surface area (Å²) in [5.74, 6) is -0.782. The van der Waals surface area contributed by atoms with Gasteiger partial charge in [0.15, 0.2) is 6.10 Å². The second kappa shape index (κ2) is 7.09. The van der Waals surface area contributed by atoms with Gasteiger partial charge in [-0.05, 0) is 65.2 Å². The number of carbonyl (C=O) groups is 3. The number of amides is 1. The van der Waals surface area contributed by atoms with Crippen LogP contribution in [0.5, 0.6) is 0 Å². The molecule has 1 aliphatic rings. The van der Waals surface area contributed by atoms with Gasteiger partial charge in [0.2, 0.25) is 11.7 Å². The molecule has 0 aliphatic carbocycles. The van der Waals surface area contributed by atoms with E-state index < -0.39 is 12.1 Å². The molecule has 130 valence electrons. The van der Waals surface area contributed by atoms with E-state index in [1.807, 2.05) is 0 Å². The zero-order chi connectivity index (χ0) is 18.1. The lowest BCUT2D eigenvalue weighted by Gasteiger charge is -2.15. The number of ketones is 1. The number of hydrogen-bond donors (Lipinski definition) is 0. The van der Waals surface area contributed by atoms with E-state index in [0.29, 0.717) is 23.4 Å². The highest BCUT2D eigenvalue weighted by Crippen LogP contribution is 2.29. The first-order chi connectivity index (χ1) is 11.9. The van der Waals surface area contributed by atoms with Crippen LogP contribution < -0.4 is 4.90 Å². The summed E-state index contributed by atoms with van der Waals surface area (Å²) >= 11 is 4.55. The summed E-state index contributed by atoms with van der Waals surface area (Å²) in [4.78, 5) is 38.4. The molecule has 1 aliphatic heterocycles. The maximum absolute atomic E-state index is 12.6. The fourth-order valence-electron chi connectivity index (χ4n) is 2.81. The normalized spacial score (nSPS) is 14.1. The Morgan fingerprint density at radius 3 is 2.64 bits per heavy atom. The zero-order valence-electron chi connectivity index (χ0n) is 13.7. The van der Waals surface area contributed by atoms with Crippen molar-refractivity contribution in [2.45, 2.75) is 26.4 Å². The summed E-state index contributed by atoms with van der Waals surface area (Å²) in [6, 6.07) is 8.65. The Kier molecular flexibility index (Phi) is 5.06. The van der Waals surface area contributed by atoms with Gasteiger partial charge in [-0.25, -0.2) is 4.79 Å². The molecule has 1 aromatic carbocycles. The first-order valence-electron chi connectivity index (χ1n) is 7.78. The fourth-order valence-corrected chi connectivity index (χ4v) is 4.08. The van der Waals surface area contributed by atoms with Crippen molar-refractivity contribution >= 4 is 50.6 Å². The molecule has 5 nitrogen and oxygen atoms in total. The molecule has 25 heavy (non-hydrogen) atoms. The summed E-state index contributed by atoms with van der Waals surface area (Å²) in [6.07, 6.45) is -0.162. The molecule has 0 spiro atoms. The molecular formula is C18H16BrNO4S. The predicted octanol–water partition coefficient (Wildman–Crippen LogP) is 3.85. The Morgan fingerprint density at radius 1 is 1.24 bits per heavy atom. The number of halogens is 1. The molecule has 0 fully saturated rings. The minimum atomic E-state index is -0.878. The van der Waals surface area contributed by atoms with Crippen molar-refractivity contribution in [1.29, 1.82) is 0 Å². The van der Waals surface area contributed by atoms with E-state index in [-0.39, 0.29) is 11.7 Å². The second-order valence-electron chi connectivity index (χ2n) is 5.78. The van der Waals surface area contributed by atoms with Crippen molar-refractivity contribution in [1.82, 2.24) is 0 Å². The number of Topliss-reactive ketones (excluding diaryl/α,β-unsaturated/α-hetero) is 1. The quantitative estimate of drug-likeness (QED) is 0.555. The summed E-state index contributed by atoms with van der Waals surface area (Å²) in [6.45, 7) is 3.72. The van der Waals surface area contributed by atoms with E-state index in [1.54, 1.807) is 42.2 Å². The Labute approximate surface area is 157 Å². The van der Waals surface area contributed by atoms with Gasteiger partial charge < -0.3 is 9.64 Å². The van der Waals surface area contributed by atoms with E-state index in [1.165, 1.54) is 18.3 Å². The van der Waals surface area contributed by atoms with Crippen LogP contribution in [0.25, 0.3) is 0 Å². The lowest BCUT2D eigenvalue weighted by Crippen LogP contribution is -2.26. The van der Waals surface area contributed by atoms with Crippen LogP contribution in [0.4, 0.5) is 5.69 Å². The van der Waals surface area contributed by atoms with Crippen molar-refractivity contribution in [3.8, 4) is 0 Å². The van der Waals surface area contributed by atoms with Gasteiger partial charge in [0.05, 0.1) is 3.79 Å². The number of nitrogens with zero attached hydrogens (tertiary/aromatic N) is 1. The summed E-state index contributed by atoms with van der Waals surface area (Å²) in [7, 11) is 0. The lowest BCUT2D eigenvalue weighted by atomic mass is 10.0. The van der Waals surface area contributed by atoms with Crippen LogP contribution in [-0.2, 0) is 16.0 Å². The van der Waals surface area contributed by atoms with Gasteiger partial charge in [-0.15, -0.1) is 11.3 Å². The minimum absolute atomic E-state index is 0.0118. The number of anilines is 1. The summed E-state index contributed by atoms with van der Waals surface area (Å²) in [5, 5.41) is 0. The third kappa shape index (κ3) is 3.67. The number of carbonyl (C=O) groups excluding carboxylic acids is 3. The predicted molar refractivity (Wildman–Crippen MR) is 99.4 cm³/mol. The maximum atomic E-state index is 12.6. The molecule has 3 rings (SSSR count). The molecule has 2 heterocycles. The van der Waals surface area contributed by atoms with Crippen LogP contribution in [0, 0.1) is 0 Å². The number of hydrogen-bond acceptors (Lipinski definition) is 5. The van der Waals surface area contributed by atoms with E-state index in [0.717, 1.165) is 15.0 Å². The highest BCUT2D eigenvalue weighted by Gasteiger charge is 2.26. The molecule has 0 bridgehead atoms. The van der Waals surface area contributed by atoms with Crippen molar-refractivity contribution in [3.63, 3.8) is 0 Å². The number of benzene rings is 1. The van der Waals surface area contributed by atoms with E-state index in [2.05, 4.69) is 15.9 Å². The standard InChI is InChI=1S/C18H16BrNO4S/c1-10(24-18(23)15-5-6-16(19)25-15)17(22)13-3-4-14-12(9-13)7-8-20(14)11(2)21/h3-6,9-10H,7-8H2,1-2H3/t10-/m1/s1. The van der Waals surface area contributed by atoms with E-state index in [4.69, 9.17) is 4.74 Å². The van der Waals surface area contributed by atoms with Gasteiger partial charge in [0.1, 0.15) is 4.88 Å². The van der Waals surface area contributed by atoms with Crippen LogP contribution in [0.3, 0.4) is 0 Å². The molecule has 0 radical (unpaired) electrons. The van der Waals surface area contributed by atoms with Gasteiger partial charge >= 0.3 is 5.97 Å². The molecule has 0 N–H and O–H groups in total. The summed E-state index contributed by atoms with van der Waals surface area (Å²) in [5.41, 5.74) is 2.29. The zero-order valence-corrected chi connectivity index (χ0v) is 16.1.